The predicted molar refractivity (Wildman–Crippen MR) is 67.3 cm³/mol. The van der Waals surface area contributed by atoms with Gasteiger partial charge < -0.3 is 14.9 Å². The summed E-state index contributed by atoms with van der Waals surface area (Å²) in [5.74, 6) is -1.66. The van der Waals surface area contributed by atoms with Gasteiger partial charge in [0.25, 0.3) is 0 Å². The lowest BCUT2D eigenvalue weighted by Crippen LogP contribution is -2.07. The molecule has 0 aliphatic rings. The van der Waals surface area contributed by atoms with Crippen LogP contribution in [-0.4, -0.2) is 17.6 Å². The smallest absolute Gasteiger partial charge is 0.362 e. The first-order chi connectivity index (χ1) is 9.02. The van der Waals surface area contributed by atoms with Crippen molar-refractivity contribution in [1.82, 2.24) is 4.98 Å². The highest BCUT2D eigenvalue weighted by atomic mass is 35.5. The largest absolute Gasteiger partial charge is 0.461 e. The number of carbonyl (C=O) groups is 1. The van der Waals surface area contributed by atoms with Crippen LogP contribution in [0.25, 0.3) is 11.5 Å². The molecule has 0 radical (unpaired) electrons. The van der Waals surface area contributed by atoms with E-state index in [0.29, 0.717) is 5.02 Å². The molecule has 0 unspecified atom stereocenters. The molecule has 100 valence electrons. The Morgan fingerprint density at radius 2 is 2.32 bits per heavy atom. The molecule has 0 spiro atoms. The van der Waals surface area contributed by atoms with E-state index in [1.165, 1.54) is 18.2 Å². The first-order valence-corrected chi connectivity index (χ1v) is 5.79. The van der Waals surface area contributed by atoms with E-state index >= 15 is 0 Å². The summed E-state index contributed by atoms with van der Waals surface area (Å²) in [6.07, 6.45) is 0. The van der Waals surface area contributed by atoms with Gasteiger partial charge in [-0.15, -0.1) is 0 Å². The van der Waals surface area contributed by atoms with Crippen LogP contribution in [0.2, 0.25) is 5.02 Å². The van der Waals surface area contributed by atoms with Crippen molar-refractivity contribution in [1.29, 1.82) is 0 Å². The topological polar surface area (TPSA) is 78.3 Å². The molecule has 1 heterocycles. The zero-order chi connectivity index (χ0) is 14.0. The Balaban J connectivity index is 2.44. The standard InChI is InChI=1S/C12H10ClFN2O3/c1-2-18-12(17)9-10(15)19-11(16-9)7-5-6(13)3-4-8(7)14/h3-5H,2,15H2,1H3. The number of oxazole rings is 1. The third-order valence-electron chi connectivity index (χ3n) is 2.28. The molecule has 0 saturated carbocycles. The third-order valence-corrected chi connectivity index (χ3v) is 2.52. The maximum Gasteiger partial charge on any atom is 0.362 e. The van der Waals surface area contributed by atoms with Gasteiger partial charge in [-0.25, -0.2) is 9.18 Å². The van der Waals surface area contributed by atoms with E-state index in [9.17, 15) is 9.18 Å². The van der Waals surface area contributed by atoms with Crippen molar-refractivity contribution in [3.8, 4) is 11.5 Å². The van der Waals surface area contributed by atoms with Crippen LogP contribution in [0.5, 0.6) is 0 Å². The highest BCUT2D eigenvalue weighted by Crippen LogP contribution is 2.28. The second-order valence-electron chi connectivity index (χ2n) is 3.58. The van der Waals surface area contributed by atoms with Crippen molar-refractivity contribution < 1.29 is 18.3 Å². The first kappa shape index (κ1) is 13.4. The third kappa shape index (κ3) is 2.68. The molecule has 0 saturated heterocycles. The van der Waals surface area contributed by atoms with Gasteiger partial charge in [-0.1, -0.05) is 11.6 Å². The van der Waals surface area contributed by atoms with Gasteiger partial charge in [-0.3, -0.25) is 0 Å². The zero-order valence-electron chi connectivity index (χ0n) is 9.94. The van der Waals surface area contributed by atoms with Crippen molar-refractivity contribution in [2.75, 3.05) is 12.3 Å². The fraction of sp³-hybridized carbons (Fsp3) is 0.167. The average Bonchev–Trinajstić information content (AvgIpc) is 2.74. The highest BCUT2D eigenvalue weighted by molar-refractivity contribution is 6.30. The number of esters is 1. The molecular weight excluding hydrogens is 275 g/mol. The fourth-order valence-electron chi connectivity index (χ4n) is 1.45. The van der Waals surface area contributed by atoms with Crippen molar-refractivity contribution in [2.24, 2.45) is 0 Å². The Kier molecular flexibility index (Phi) is 3.71. The predicted octanol–water partition coefficient (Wildman–Crippen LogP) is 2.89. The molecule has 0 aliphatic carbocycles. The molecule has 0 aliphatic heterocycles. The van der Waals surface area contributed by atoms with Gasteiger partial charge in [0.15, 0.2) is 0 Å². The summed E-state index contributed by atoms with van der Waals surface area (Å²) in [5.41, 5.74) is 5.35. The number of nitrogens with zero attached hydrogens (tertiary/aromatic N) is 1. The molecule has 2 aromatic rings. The molecule has 1 aromatic heterocycles. The molecular formula is C12H10ClFN2O3. The number of nitrogen functional groups attached to an aromatic ring is 1. The molecule has 7 heteroatoms. The molecule has 0 fully saturated rings. The van der Waals surface area contributed by atoms with Crippen LogP contribution in [0.3, 0.4) is 0 Å². The van der Waals surface area contributed by atoms with Crippen LogP contribution in [0.4, 0.5) is 10.3 Å². The Labute approximate surface area is 113 Å². The number of hydrogen-bond donors (Lipinski definition) is 1. The van der Waals surface area contributed by atoms with Crippen LogP contribution in [0.15, 0.2) is 22.6 Å². The molecule has 19 heavy (non-hydrogen) atoms. The van der Waals surface area contributed by atoms with Crippen LogP contribution in [0, 0.1) is 5.82 Å². The Morgan fingerprint density at radius 1 is 1.58 bits per heavy atom. The van der Waals surface area contributed by atoms with Crippen LogP contribution < -0.4 is 5.73 Å². The first-order valence-electron chi connectivity index (χ1n) is 5.41. The van der Waals surface area contributed by atoms with Crippen molar-refractivity contribution in [2.45, 2.75) is 6.92 Å². The zero-order valence-corrected chi connectivity index (χ0v) is 10.7. The van der Waals surface area contributed by atoms with E-state index in [1.54, 1.807) is 6.92 Å². The van der Waals surface area contributed by atoms with Crippen LogP contribution in [0.1, 0.15) is 17.4 Å². The Hall–Kier alpha value is -2.08. The molecule has 0 atom stereocenters. The van der Waals surface area contributed by atoms with Gasteiger partial charge in [0.05, 0.1) is 12.2 Å². The Bertz CT molecular complexity index is 627. The number of hydrogen-bond acceptors (Lipinski definition) is 5. The van der Waals surface area contributed by atoms with Gasteiger partial charge in [-0.2, -0.15) is 4.98 Å². The van der Waals surface area contributed by atoms with Crippen molar-refractivity contribution in [3.63, 3.8) is 0 Å². The number of ether oxygens (including phenoxy) is 1. The van der Waals surface area contributed by atoms with Gasteiger partial charge >= 0.3 is 5.97 Å². The van der Waals surface area contributed by atoms with E-state index in [-0.39, 0.29) is 29.6 Å². The number of carbonyl (C=O) groups excluding carboxylic acids is 1. The molecule has 0 bridgehead atoms. The number of benzene rings is 1. The summed E-state index contributed by atoms with van der Waals surface area (Å²) in [7, 11) is 0. The van der Waals surface area contributed by atoms with E-state index in [0.717, 1.165) is 0 Å². The van der Waals surface area contributed by atoms with E-state index in [4.69, 9.17) is 26.5 Å². The molecule has 0 amide bonds. The van der Waals surface area contributed by atoms with Gasteiger partial charge in [0, 0.05) is 5.02 Å². The normalized spacial score (nSPS) is 10.5. The maximum atomic E-state index is 13.6. The second kappa shape index (κ2) is 5.27. The number of aromatic nitrogens is 1. The van der Waals surface area contributed by atoms with Crippen molar-refractivity contribution in [3.05, 3.63) is 34.7 Å². The van der Waals surface area contributed by atoms with E-state index < -0.39 is 11.8 Å². The minimum Gasteiger partial charge on any atom is -0.461 e. The lowest BCUT2D eigenvalue weighted by Gasteiger charge is -1.98. The molecule has 5 nitrogen and oxygen atoms in total. The van der Waals surface area contributed by atoms with Crippen LogP contribution in [-0.2, 0) is 4.74 Å². The summed E-state index contributed by atoms with van der Waals surface area (Å²) in [6.45, 7) is 1.82. The Morgan fingerprint density at radius 3 is 3.00 bits per heavy atom. The molecule has 2 N–H and O–H groups in total. The lowest BCUT2D eigenvalue weighted by molar-refractivity contribution is 0.0521. The molecule has 2 rings (SSSR count). The number of anilines is 1. The van der Waals surface area contributed by atoms with Crippen LogP contribution >= 0.6 is 11.6 Å². The summed E-state index contributed by atoms with van der Waals surface area (Å²) in [4.78, 5) is 15.4. The number of halogens is 2. The highest BCUT2D eigenvalue weighted by Gasteiger charge is 2.21. The van der Waals surface area contributed by atoms with Gasteiger partial charge in [0.1, 0.15) is 5.82 Å². The minimum absolute atomic E-state index is 0.0229. The van der Waals surface area contributed by atoms with E-state index in [2.05, 4.69) is 4.98 Å². The van der Waals surface area contributed by atoms with Gasteiger partial charge in [0.2, 0.25) is 17.5 Å². The minimum atomic E-state index is -0.725. The fourth-order valence-corrected chi connectivity index (χ4v) is 1.63. The lowest BCUT2D eigenvalue weighted by atomic mass is 10.2. The summed E-state index contributed by atoms with van der Waals surface area (Å²) in [6, 6.07) is 3.89. The maximum absolute atomic E-state index is 13.6. The monoisotopic (exact) mass is 284 g/mol. The number of nitrogens with two attached hydrogens (primary N) is 1. The van der Waals surface area contributed by atoms with Gasteiger partial charge in [-0.05, 0) is 25.1 Å². The summed E-state index contributed by atoms with van der Waals surface area (Å²) < 4.78 is 23.5. The van der Waals surface area contributed by atoms with E-state index in [1.807, 2.05) is 0 Å². The summed E-state index contributed by atoms with van der Waals surface area (Å²) in [5, 5.41) is 0.311. The summed E-state index contributed by atoms with van der Waals surface area (Å²) >= 11 is 5.77. The number of rotatable bonds is 3. The SMILES string of the molecule is CCOC(=O)c1nc(-c2cc(Cl)ccc2F)oc1N. The second-order valence-corrected chi connectivity index (χ2v) is 4.01. The molecule has 1 aromatic carbocycles. The van der Waals surface area contributed by atoms with Crippen molar-refractivity contribution >= 4 is 23.5 Å². The average molecular weight is 285 g/mol. The quantitative estimate of drug-likeness (QED) is 0.877.